The number of hydrogen-bond acceptors (Lipinski definition) is 10. The predicted octanol–water partition coefficient (Wildman–Crippen LogP) is 6.25. The summed E-state index contributed by atoms with van der Waals surface area (Å²) >= 11 is 7.41. The summed E-state index contributed by atoms with van der Waals surface area (Å²) in [7, 11) is -3.49. The molecule has 0 saturated carbocycles. The molecule has 1 unspecified atom stereocenters. The molecular formula is C31H45N4O6PS3. The highest BCUT2D eigenvalue weighted by Crippen LogP contribution is 2.38. The number of rotatable bonds is 20. The fourth-order valence-corrected chi connectivity index (χ4v) is 7.38. The van der Waals surface area contributed by atoms with Gasteiger partial charge in [0, 0.05) is 29.2 Å². The van der Waals surface area contributed by atoms with E-state index < -0.39 is 19.5 Å². The van der Waals surface area contributed by atoms with Crippen molar-refractivity contribution in [3.63, 3.8) is 0 Å². The van der Waals surface area contributed by atoms with Gasteiger partial charge in [0.05, 0.1) is 19.0 Å². The molecule has 45 heavy (non-hydrogen) atoms. The molecule has 2 aromatic rings. The molecule has 0 heterocycles. The first-order chi connectivity index (χ1) is 21.5. The average molecular weight is 697 g/mol. The van der Waals surface area contributed by atoms with Crippen molar-refractivity contribution in [3.05, 3.63) is 59.6 Å². The van der Waals surface area contributed by atoms with Crippen molar-refractivity contribution >= 4 is 67.1 Å². The van der Waals surface area contributed by atoms with E-state index in [-0.39, 0.29) is 24.7 Å². The Morgan fingerprint density at radius 3 is 2.36 bits per heavy atom. The second-order valence-corrected chi connectivity index (χ2v) is 14.5. The lowest BCUT2D eigenvalue weighted by atomic mass is 10.2. The lowest BCUT2D eigenvalue weighted by Crippen LogP contribution is -2.44. The summed E-state index contributed by atoms with van der Waals surface area (Å²) in [6.07, 6.45) is 7.76. The zero-order valence-corrected chi connectivity index (χ0v) is 30.1. The number of esters is 1. The molecular weight excluding hydrogens is 652 g/mol. The molecule has 0 aliphatic rings. The van der Waals surface area contributed by atoms with Crippen LogP contribution in [0.2, 0.25) is 0 Å². The number of amides is 1. The zero-order chi connectivity index (χ0) is 33.2. The predicted molar refractivity (Wildman–Crippen MR) is 192 cm³/mol. The minimum absolute atomic E-state index is 0.123. The summed E-state index contributed by atoms with van der Waals surface area (Å²) in [6.45, 7) is 7.68. The van der Waals surface area contributed by atoms with Gasteiger partial charge in [0.1, 0.15) is 23.3 Å². The summed E-state index contributed by atoms with van der Waals surface area (Å²) in [5.41, 5.74) is 0.325. The van der Waals surface area contributed by atoms with E-state index in [1.807, 2.05) is 33.3 Å². The standard InChI is InChI=1S/C31H45N4O6PS3/c1-7-39-31(37)29(13-16-44-5)35-42(38,34-23(4)12-15-43)28-10-8-25(9-11-28)41-27-19-24(18-26(20-27)40-22(2)3)30(36)33-21-32-14-17-45-6/h8-11,14,17-23,29,43H,7,12-13,15-16H2,1-6H3,(H,32,33,36)(H2,34,35,38)/b17-14-/t23-,29+,42?/m1/s1. The number of nitrogens with one attached hydrogen (secondary N) is 3. The number of hydrogen-bond donors (Lipinski definition) is 4. The summed E-state index contributed by atoms with van der Waals surface area (Å²) in [5.74, 6) is 1.78. The van der Waals surface area contributed by atoms with Crippen LogP contribution >= 0.6 is 43.6 Å². The van der Waals surface area contributed by atoms with E-state index in [9.17, 15) is 14.2 Å². The van der Waals surface area contributed by atoms with Crippen LogP contribution in [-0.4, -0.2) is 67.0 Å². The van der Waals surface area contributed by atoms with Crippen molar-refractivity contribution in [2.24, 2.45) is 4.99 Å². The van der Waals surface area contributed by atoms with Gasteiger partial charge in [0.15, 0.2) is 0 Å². The Morgan fingerprint density at radius 2 is 1.73 bits per heavy atom. The molecule has 0 bridgehead atoms. The maximum absolute atomic E-state index is 14.5. The molecule has 3 N–H and O–H groups in total. The molecule has 0 spiro atoms. The number of thiol groups is 1. The average Bonchev–Trinajstić information content (AvgIpc) is 2.99. The Balaban J connectivity index is 2.37. The third-order valence-corrected chi connectivity index (χ3v) is 9.79. The van der Waals surface area contributed by atoms with Crippen molar-refractivity contribution in [1.29, 1.82) is 0 Å². The van der Waals surface area contributed by atoms with Gasteiger partial charge in [-0.1, -0.05) is 0 Å². The number of benzene rings is 2. The van der Waals surface area contributed by atoms with Crippen molar-refractivity contribution < 1.29 is 28.4 Å². The molecule has 1 amide bonds. The fraction of sp³-hybridized carbons (Fsp3) is 0.452. The molecule has 3 atom stereocenters. The fourth-order valence-electron chi connectivity index (χ4n) is 3.97. The van der Waals surface area contributed by atoms with Crippen LogP contribution in [0.25, 0.3) is 0 Å². The van der Waals surface area contributed by atoms with E-state index in [4.69, 9.17) is 14.2 Å². The maximum atomic E-state index is 14.5. The van der Waals surface area contributed by atoms with E-state index in [1.165, 1.54) is 18.1 Å². The van der Waals surface area contributed by atoms with Gasteiger partial charge >= 0.3 is 5.97 Å². The largest absolute Gasteiger partial charge is 0.491 e. The molecule has 2 rings (SSSR count). The monoisotopic (exact) mass is 696 g/mol. The van der Waals surface area contributed by atoms with Crippen LogP contribution in [0, 0.1) is 0 Å². The smallest absolute Gasteiger partial charge is 0.323 e. The van der Waals surface area contributed by atoms with Crippen molar-refractivity contribution in [2.75, 3.05) is 30.6 Å². The minimum atomic E-state index is -3.49. The van der Waals surface area contributed by atoms with E-state index in [0.717, 1.165) is 0 Å². The number of nitrogens with zero attached hydrogens (tertiary/aromatic N) is 1. The Bertz CT molecular complexity index is 1330. The summed E-state index contributed by atoms with van der Waals surface area (Å²) in [4.78, 5) is 29.6. The van der Waals surface area contributed by atoms with Crippen LogP contribution in [0.1, 0.15) is 50.9 Å². The van der Waals surface area contributed by atoms with Gasteiger partial charge in [-0.05, 0) is 106 Å². The van der Waals surface area contributed by atoms with Crippen molar-refractivity contribution in [1.82, 2.24) is 15.5 Å². The van der Waals surface area contributed by atoms with Crippen LogP contribution in [-0.2, 0) is 14.1 Å². The van der Waals surface area contributed by atoms with Crippen LogP contribution < -0.4 is 30.3 Å². The lowest BCUT2D eigenvalue weighted by molar-refractivity contribution is -0.145. The second kappa shape index (κ2) is 20.7. The summed E-state index contributed by atoms with van der Waals surface area (Å²) in [5, 5.41) is 11.2. The van der Waals surface area contributed by atoms with E-state index in [2.05, 4.69) is 33.1 Å². The van der Waals surface area contributed by atoms with Gasteiger partial charge in [-0.3, -0.25) is 14.2 Å². The number of carbonyl (C=O) groups is 2. The van der Waals surface area contributed by atoms with Crippen LogP contribution in [0.4, 0.5) is 0 Å². The van der Waals surface area contributed by atoms with Gasteiger partial charge in [-0.15, -0.1) is 11.8 Å². The highest BCUT2D eigenvalue weighted by molar-refractivity contribution is 8.01. The van der Waals surface area contributed by atoms with Crippen LogP contribution in [0.3, 0.4) is 0 Å². The maximum Gasteiger partial charge on any atom is 0.323 e. The Hall–Kier alpha value is -2.41. The van der Waals surface area contributed by atoms with E-state index >= 15 is 0 Å². The molecule has 248 valence electrons. The molecule has 0 saturated heterocycles. The van der Waals surface area contributed by atoms with Gasteiger partial charge in [0.25, 0.3) is 5.91 Å². The SMILES string of the molecule is CCOC(=O)[C@H](CCSC)NP(=O)(N[C@H](C)CCS)c1ccc(Oc2cc(OC(C)C)cc(C(=O)NC=N/C=C\SC)c2)cc1. The van der Waals surface area contributed by atoms with E-state index in [0.29, 0.717) is 52.5 Å². The summed E-state index contributed by atoms with van der Waals surface area (Å²) < 4.78 is 31.7. The molecule has 14 heteroatoms. The molecule has 0 radical (unpaired) electrons. The van der Waals surface area contributed by atoms with Gasteiger partial charge in [-0.25, -0.2) is 15.2 Å². The normalized spacial score (nSPS) is 14.3. The van der Waals surface area contributed by atoms with Gasteiger partial charge in [0.2, 0.25) is 7.44 Å². The van der Waals surface area contributed by atoms with Crippen LogP contribution in [0.15, 0.2) is 59.1 Å². The first-order valence-electron chi connectivity index (χ1n) is 14.6. The molecule has 2 aromatic carbocycles. The number of carbonyl (C=O) groups excluding carboxylic acids is 2. The summed E-state index contributed by atoms with van der Waals surface area (Å²) in [6, 6.07) is 10.8. The minimum Gasteiger partial charge on any atom is -0.491 e. The quantitative estimate of drug-likeness (QED) is 0.0415. The number of thioether (sulfide) groups is 2. The molecule has 10 nitrogen and oxygen atoms in total. The molecule has 0 aromatic heterocycles. The highest BCUT2D eigenvalue weighted by atomic mass is 32.2. The Morgan fingerprint density at radius 1 is 1.02 bits per heavy atom. The van der Waals surface area contributed by atoms with Crippen molar-refractivity contribution in [3.8, 4) is 17.2 Å². The number of ether oxygens (including phenoxy) is 3. The first-order valence-corrected chi connectivity index (χ1v) is 19.6. The zero-order valence-electron chi connectivity index (χ0n) is 26.6. The van der Waals surface area contributed by atoms with Gasteiger partial charge in [-0.2, -0.15) is 24.4 Å². The lowest BCUT2D eigenvalue weighted by Gasteiger charge is -2.28. The highest BCUT2D eigenvalue weighted by Gasteiger charge is 2.33. The Kier molecular flexibility index (Phi) is 17.8. The molecule has 0 aliphatic heterocycles. The first kappa shape index (κ1) is 38.8. The third kappa shape index (κ3) is 13.9. The van der Waals surface area contributed by atoms with Gasteiger partial charge < -0.3 is 19.5 Å². The molecule has 0 aliphatic carbocycles. The number of aliphatic imine (C=N–C) groups is 1. The third-order valence-electron chi connectivity index (χ3n) is 5.99. The van der Waals surface area contributed by atoms with Crippen LogP contribution in [0.5, 0.6) is 17.2 Å². The van der Waals surface area contributed by atoms with E-state index in [1.54, 1.807) is 72.8 Å². The Labute approximate surface area is 281 Å². The second-order valence-electron chi connectivity index (χ2n) is 10.1. The van der Waals surface area contributed by atoms with Crippen molar-refractivity contribution in [2.45, 2.75) is 58.7 Å². The molecule has 0 fully saturated rings. The topological polar surface area (TPSA) is 127 Å².